The predicted octanol–water partition coefficient (Wildman–Crippen LogP) is 0.452. The Labute approximate surface area is 79.4 Å². The lowest BCUT2D eigenvalue weighted by atomic mass is 10.3. The van der Waals surface area contributed by atoms with Crippen molar-refractivity contribution in [1.82, 2.24) is 20.2 Å². The van der Waals surface area contributed by atoms with E-state index < -0.39 is 0 Å². The van der Waals surface area contributed by atoms with E-state index in [2.05, 4.69) is 25.5 Å². The van der Waals surface area contributed by atoms with Gasteiger partial charge in [-0.1, -0.05) is 0 Å². The molecule has 14 heavy (non-hydrogen) atoms. The largest absolute Gasteiger partial charge is 0.319 e. The van der Waals surface area contributed by atoms with Crippen LogP contribution in [-0.4, -0.2) is 26.1 Å². The van der Waals surface area contributed by atoms with E-state index >= 15 is 0 Å². The van der Waals surface area contributed by atoms with Gasteiger partial charge >= 0.3 is 0 Å². The first-order valence-electron chi connectivity index (χ1n) is 3.91. The molecule has 2 aromatic heterocycles. The molecule has 0 aliphatic carbocycles. The zero-order valence-corrected chi connectivity index (χ0v) is 7.14. The molecule has 0 atom stereocenters. The van der Waals surface area contributed by atoms with E-state index in [-0.39, 0.29) is 5.91 Å². The highest BCUT2D eigenvalue weighted by atomic mass is 16.1. The Morgan fingerprint density at radius 1 is 1.29 bits per heavy atom. The number of hydrogen-bond acceptors (Lipinski definition) is 4. The minimum absolute atomic E-state index is 0.242. The van der Waals surface area contributed by atoms with E-state index in [1.165, 1.54) is 31.1 Å². The van der Waals surface area contributed by atoms with Crippen molar-refractivity contribution >= 4 is 11.6 Å². The fourth-order valence-electron chi connectivity index (χ4n) is 0.942. The van der Waals surface area contributed by atoms with Gasteiger partial charge in [0.25, 0.3) is 5.91 Å². The molecule has 1 amide bonds. The summed E-state index contributed by atoms with van der Waals surface area (Å²) >= 11 is 0. The third-order valence-corrected chi connectivity index (χ3v) is 1.58. The minimum atomic E-state index is -0.242. The normalized spacial score (nSPS) is 9.71. The van der Waals surface area contributed by atoms with Gasteiger partial charge in [0.05, 0.1) is 29.8 Å². The first-order valence-corrected chi connectivity index (χ1v) is 3.91. The van der Waals surface area contributed by atoms with Crippen LogP contribution in [-0.2, 0) is 0 Å². The van der Waals surface area contributed by atoms with Gasteiger partial charge < -0.3 is 5.32 Å². The third-order valence-electron chi connectivity index (χ3n) is 1.58. The lowest BCUT2D eigenvalue weighted by Gasteiger charge is -2.00. The SMILES string of the molecule is O=C(Nc1cncnc1)c1cn[nH]c1. The van der Waals surface area contributed by atoms with Crippen molar-refractivity contribution < 1.29 is 4.79 Å². The fourth-order valence-corrected chi connectivity index (χ4v) is 0.942. The maximum atomic E-state index is 11.4. The molecule has 6 nitrogen and oxygen atoms in total. The number of anilines is 1. The van der Waals surface area contributed by atoms with Crippen LogP contribution in [0.15, 0.2) is 31.1 Å². The number of aromatic nitrogens is 4. The average molecular weight is 189 g/mol. The van der Waals surface area contributed by atoms with Gasteiger partial charge in [-0.25, -0.2) is 9.97 Å². The zero-order valence-electron chi connectivity index (χ0n) is 7.14. The van der Waals surface area contributed by atoms with Crippen LogP contribution >= 0.6 is 0 Å². The Bertz CT molecular complexity index is 411. The van der Waals surface area contributed by atoms with Crippen LogP contribution < -0.4 is 5.32 Å². The van der Waals surface area contributed by atoms with Crippen molar-refractivity contribution in [3.8, 4) is 0 Å². The molecule has 0 spiro atoms. The number of carbonyl (C=O) groups excluding carboxylic acids is 1. The topological polar surface area (TPSA) is 83.6 Å². The van der Waals surface area contributed by atoms with Gasteiger partial charge in [-0.3, -0.25) is 9.89 Å². The van der Waals surface area contributed by atoms with E-state index in [4.69, 9.17) is 0 Å². The summed E-state index contributed by atoms with van der Waals surface area (Å²) < 4.78 is 0. The van der Waals surface area contributed by atoms with Crippen LogP contribution in [0.4, 0.5) is 5.69 Å². The van der Waals surface area contributed by atoms with Crippen LogP contribution in [0.3, 0.4) is 0 Å². The molecule has 2 aromatic rings. The molecular formula is C8H7N5O. The quantitative estimate of drug-likeness (QED) is 0.718. The van der Waals surface area contributed by atoms with Gasteiger partial charge in [0.2, 0.25) is 0 Å². The van der Waals surface area contributed by atoms with Crippen molar-refractivity contribution in [3.63, 3.8) is 0 Å². The standard InChI is InChI=1S/C8H7N5O/c14-8(6-1-11-12-2-6)13-7-3-9-5-10-4-7/h1-5H,(H,11,12)(H,13,14). The Balaban J connectivity index is 2.10. The number of hydrogen-bond donors (Lipinski definition) is 2. The van der Waals surface area contributed by atoms with Gasteiger partial charge in [-0.05, 0) is 0 Å². The highest BCUT2D eigenvalue weighted by Gasteiger charge is 2.06. The molecule has 0 radical (unpaired) electrons. The number of H-pyrrole nitrogens is 1. The molecule has 0 saturated heterocycles. The van der Waals surface area contributed by atoms with E-state index in [1.54, 1.807) is 0 Å². The second kappa shape index (κ2) is 3.65. The lowest BCUT2D eigenvalue weighted by molar-refractivity contribution is 0.102. The van der Waals surface area contributed by atoms with Gasteiger partial charge in [0.1, 0.15) is 6.33 Å². The summed E-state index contributed by atoms with van der Waals surface area (Å²) in [5.74, 6) is -0.242. The second-order valence-corrected chi connectivity index (χ2v) is 2.57. The van der Waals surface area contributed by atoms with Crippen LogP contribution in [0, 0.1) is 0 Å². The number of aromatic amines is 1. The van der Waals surface area contributed by atoms with Crippen molar-refractivity contribution in [3.05, 3.63) is 36.7 Å². The van der Waals surface area contributed by atoms with Gasteiger partial charge in [0, 0.05) is 6.20 Å². The Kier molecular flexibility index (Phi) is 2.18. The molecule has 2 rings (SSSR count). The van der Waals surface area contributed by atoms with Gasteiger partial charge in [-0.15, -0.1) is 0 Å². The summed E-state index contributed by atoms with van der Waals surface area (Å²) in [5.41, 5.74) is 1.02. The van der Waals surface area contributed by atoms with Crippen molar-refractivity contribution in [2.45, 2.75) is 0 Å². The van der Waals surface area contributed by atoms with Crippen LogP contribution in [0.25, 0.3) is 0 Å². The first kappa shape index (κ1) is 8.36. The third kappa shape index (κ3) is 1.74. The monoisotopic (exact) mass is 189 g/mol. The van der Waals surface area contributed by atoms with Crippen molar-refractivity contribution in [1.29, 1.82) is 0 Å². The van der Waals surface area contributed by atoms with E-state index in [0.29, 0.717) is 11.3 Å². The molecule has 0 aliphatic heterocycles. The van der Waals surface area contributed by atoms with Crippen LogP contribution in [0.5, 0.6) is 0 Å². The minimum Gasteiger partial charge on any atom is -0.319 e. The Morgan fingerprint density at radius 2 is 2.07 bits per heavy atom. The van der Waals surface area contributed by atoms with Crippen molar-refractivity contribution in [2.75, 3.05) is 5.32 Å². The molecule has 0 aromatic carbocycles. The molecule has 0 bridgehead atoms. The number of nitrogens with one attached hydrogen (secondary N) is 2. The number of rotatable bonds is 2. The van der Waals surface area contributed by atoms with Gasteiger partial charge in [0.15, 0.2) is 0 Å². The van der Waals surface area contributed by atoms with Crippen molar-refractivity contribution in [2.24, 2.45) is 0 Å². The lowest BCUT2D eigenvalue weighted by Crippen LogP contribution is -2.11. The predicted molar refractivity (Wildman–Crippen MR) is 48.6 cm³/mol. The molecule has 0 fully saturated rings. The molecule has 0 unspecified atom stereocenters. The van der Waals surface area contributed by atoms with Gasteiger partial charge in [-0.2, -0.15) is 5.10 Å². The zero-order chi connectivity index (χ0) is 9.80. The first-order chi connectivity index (χ1) is 6.86. The molecule has 6 heteroatoms. The van der Waals surface area contributed by atoms with E-state index in [0.717, 1.165) is 0 Å². The van der Waals surface area contributed by atoms with Crippen LogP contribution in [0.1, 0.15) is 10.4 Å². The number of nitrogens with zero attached hydrogens (tertiary/aromatic N) is 3. The molecule has 0 saturated carbocycles. The van der Waals surface area contributed by atoms with Crippen LogP contribution in [0.2, 0.25) is 0 Å². The summed E-state index contributed by atoms with van der Waals surface area (Å²) in [5, 5.41) is 8.84. The summed E-state index contributed by atoms with van der Waals surface area (Å²) in [6.07, 6.45) is 7.39. The summed E-state index contributed by atoms with van der Waals surface area (Å²) in [4.78, 5) is 19.0. The highest BCUT2D eigenvalue weighted by Crippen LogP contribution is 2.03. The molecule has 2 N–H and O–H groups in total. The van der Waals surface area contributed by atoms with E-state index in [9.17, 15) is 4.79 Å². The molecule has 2 heterocycles. The molecule has 70 valence electrons. The summed E-state index contributed by atoms with van der Waals surface area (Å²) in [6, 6.07) is 0. The Hall–Kier alpha value is -2.24. The maximum absolute atomic E-state index is 11.4. The number of amides is 1. The molecular weight excluding hydrogens is 182 g/mol. The van der Waals surface area contributed by atoms with E-state index in [1.807, 2.05) is 0 Å². The maximum Gasteiger partial charge on any atom is 0.258 e. The highest BCUT2D eigenvalue weighted by molar-refractivity contribution is 6.03. The average Bonchev–Trinajstić information content (AvgIpc) is 2.72. The molecule has 0 aliphatic rings. The summed E-state index contributed by atoms with van der Waals surface area (Å²) in [7, 11) is 0. The smallest absolute Gasteiger partial charge is 0.258 e. The second-order valence-electron chi connectivity index (χ2n) is 2.57. The Morgan fingerprint density at radius 3 is 2.71 bits per heavy atom. The summed E-state index contributed by atoms with van der Waals surface area (Å²) in [6.45, 7) is 0. The number of carbonyl (C=O) groups is 1. The fraction of sp³-hybridized carbons (Fsp3) is 0.